The highest BCUT2D eigenvalue weighted by molar-refractivity contribution is 6.33. The van der Waals surface area contributed by atoms with Gasteiger partial charge in [0.05, 0.1) is 22.2 Å². The number of primary amides is 1. The predicted molar refractivity (Wildman–Crippen MR) is 70.3 cm³/mol. The molecular weight excluding hydrogens is 292 g/mol. The number of nitrogens with two attached hydrogens (primary N) is 1. The van der Waals surface area contributed by atoms with Crippen LogP contribution in [0.5, 0.6) is 0 Å². The van der Waals surface area contributed by atoms with Gasteiger partial charge in [0.1, 0.15) is 6.10 Å². The minimum Gasteiger partial charge on any atom is -0.381 e. The Labute approximate surface area is 117 Å². The van der Waals surface area contributed by atoms with Gasteiger partial charge in [-0.15, -0.1) is 0 Å². The lowest BCUT2D eigenvalue weighted by Crippen LogP contribution is -2.41. The maximum atomic E-state index is 11.4. The van der Waals surface area contributed by atoms with Crippen LogP contribution >= 0.6 is 11.6 Å². The Morgan fingerprint density at radius 2 is 2.15 bits per heavy atom. The quantitative estimate of drug-likeness (QED) is 0.453. The summed E-state index contributed by atoms with van der Waals surface area (Å²) in [6.45, 7) is -0.369. The van der Waals surface area contributed by atoms with Crippen LogP contribution in [0.15, 0.2) is 18.2 Å². The van der Waals surface area contributed by atoms with Gasteiger partial charge >= 0.3 is 6.03 Å². The monoisotopic (exact) mass is 302 g/mol. The van der Waals surface area contributed by atoms with Crippen LogP contribution in [0.1, 0.15) is 0 Å². The Morgan fingerprint density at radius 1 is 1.50 bits per heavy atom. The number of nitrogens with one attached hydrogen (secondary N) is 2. The molecule has 5 N–H and O–H groups in total. The Balaban J connectivity index is 2.62. The second-order valence-electron chi connectivity index (χ2n) is 3.67. The van der Waals surface area contributed by atoms with E-state index in [1.54, 1.807) is 0 Å². The molecule has 0 saturated heterocycles. The van der Waals surface area contributed by atoms with Crippen LogP contribution in [-0.2, 0) is 4.79 Å². The average Bonchev–Trinajstić information content (AvgIpc) is 2.37. The number of nitro groups is 1. The molecule has 0 aliphatic heterocycles. The number of hydrogen-bond acceptors (Lipinski definition) is 5. The van der Waals surface area contributed by atoms with Crippen LogP contribution in [0.2, 0.25) is 5.02 Å². The van der Waals surface area contributed by atoms with E-state index in [0.29, 0.717) is 0 Å². The zero-order valence-corrected chi connectivity index (χ0v) is 10.8. The number of hydrogen-bond donors (Lipinski definition) is 4. The predicted octanol–water partition coefficient (Wildman–Crippen LogP) is 0.216. The molecule has 0 bridgehead atoms. The summed E-state index contributed by atoms with van der Waals surface area (Å²) in [5.74, 6) is -0.973. The van der Waals surface area contributed by atoms with E-state index in [1.165, 1.54) is 12.1 Å². The molecule has 0 aliphatic carbocycles. The summed E-state index contributed by atoms with van der Waals surface area (Å²) in [4.78, 5) is 31.9. The number of halogens is 1. The SMILES string of the molecule is NC(=O)C(O)CNC(=O)Nc1ccc([N+](=O)[O-])cc1Cl. The normalized spacial score (nSPS) is 11.5. The van der Waals surface area contributed by atoms with Gasteiger partial charge < -0.3 is 21.5 Å². The number of rotatable bonds is 5. The van der Waals surface area contributed by atoms with Crippen LogP contribution in [0, 0.1) is 10.1 Å². The lowest BCUT2D eigenvalue weighted by Gasteiger charge is -2.10. The molecule has 10 heteroatoms. The molecule has 0 aromatic heterocycles. The molecule has 1 unspecified atom stereocenters. The number of urea groups is 1. The molecule has 108 valence electrons. The molecule has 20 heavy (non-hydrogen) atoms. The largest absolute Gasteiger partial charge is 0.381 e. The third kappa shape index (κ3) is 4.37. The molecule has 0 fully saturated rings. The molecule has 9 nitrogen and oxygen atoms in total. The lowest BCUT2D eigenvalue weighted by molar-refractivity contribution is -0.384. The van der Waals surface area contributed by atoms with Crippen molar-refractivity contribution in [2.45, 2.75) is 6.10 Å². The fourth-order valence-corrected chi connectivity index (χ4v) is 1.40. The van der Waals surface area contributed by atoms with Gasteiger partial charge in [-0.05, 0) is 6.07 Å². The van der Waals surface area contributed by atoms with Gasteiger partial charge in [-0.3, -0.25) is 14.9 Å². The molecule has 0 aliphatic rings. The van der Waals surface area contributed by atoms with Crippen molar-refractivity contribution in [3.63, 3.8) is 0 Å². The molecule has 0 saturated carbocycles. The van der Waals surface area contributed by atoms with E-state index in [1.807, 2.05) is 0 Å². The fraction of sp³-hybridized carbons (Fsp3) is 0.200. The van der Waals surface area contributed by atoms with Gasteiger partial charge in [0.25, 0.3) is 5.69 Å². The van der Waals surface area contributed by atoms with Gasteiger partial charge in [0.2, 0.25) is 5.91 Å². The third-order valence-corrected chi connectivity index (χ3v) is 2.51. The molecule has 3 amide bonds. The summed E-state index contributed by atoms with van der Waals surface area (Å²) in [5, 5.41) is 24.0. The van der Waals surface area contributed by atoms with Gasteiger partial charge in [0.15, 0.2) is 0 Å². The summed E-state index contributed by atoms with van der Waals surface area (Å²) >= 11 is 5.76. The maximum Gasteiger partial charge on any atom is 0.319 e. The van der Waals surface area contributed by atoms with Crippen molar-refractivity contribution >= 4 is 34.9 Å². The number of aliphatic hydroxyl groups is 1. The highest BCUT2D eigenvalue weighted by Crippen LogP contribution is 2.26. The van der Waals surface area contributed by atoms with Crippen molar-refractivity contribution in [3.05, 3.63) is 33.3 Å². The van der Waals surface area contributed by atoms with E-state index < -0.39 is 23.0 Å². The maximum absolute atomic E-state index is 11.4. The Hall–Kier alpha value is -2.39. The van der Waals surface area contributed by atoms with E-state index in [-0.39, 0.29) is 22.9 Å². The van der Waals surface area contributed by atoms with Crippen LogP contribution in [0.4, 0.5) is 16.2 Å². The second kappa shape index (κ2) is 6.68. The van der Waals surface area contributed by atoms with Crippen molar-refractivity contribution < 1.29 is 19.6 Å². The molecule has 1 aromatic rings. The number of nitrogens with zero attached hydrogens (tertiary/aromatic N) is 1. The van der Waals surface area contributed by atoms with Crippen LogP contribution < -0.4 is 16.4 Å². The van der Waals surface area contributed by atoms with E-state index in [9.17, 15) is 19.7 Å². The number of anilines is 1. The smallest absolute Gasteiger partial charge is 0.319 e. The molecule has 0 heterocycles. The average molecular weight is 303 g/mol. The highest BCUT2D eigenvalue weighted by Gasteiger charge is 2.14. The summed E-state index contributed by atoms with van der Waals surface area (Å²) in [6.07, 6.45) is -1.51. The summed E-state index contributed by atoms with van der Waals surface area (Å²) in [7, 11) is 0. The van der Waals surface area contributed by atoms with Gasteiger partial charge in [-0.25, -0.2) is 4.79 Å². The first-order valence-electron chi connectivity index (χ1n) is 5.27. The topological polar surface area (TPSA) is 148 Å². The van der Waals surface area contributed by atoms with E-state index in [0.717, 1.165) is 6.07 Å². The number of nitro benzene ring substituents is 1. The zero-order valence-electron chi connectivity index (χ0n) is 10.00. The van der Waals surface area contributed by atoms with Crippen molar-refractivity contribution in [2.24, 2.45) is 5.73 Å². The summed E-state index contributed by atoms with van der Waals surface area (Å²) in [5.41, 5.74) is 4.72. The van der Waals surface area contributed by atoms with Crippen molar-refractivity contribution in [1.29, 1.82) is 0 Å². The van der Waals surface area contributed by atoms with Gasteiger partial charge in [-0.1, -0.05) is 11.6 Å². The highest BCUT2D eigenvalue weighted by atomic mass is 35.5. The first kappa shape index (κ1) is 15.7. The van der Waals surface area contributed by atoms with Gasteiger partial charge in [-0.2, -0.15) is 0 Å². The minimum atomic E-state index is -1.51. The second-order valence-corrected chi connectivity index (χ2v) is 4.08. The molecular formula is C10H11ClN4O5. The first-order valence-corrected chi connectivity index (χ1v) is 5.65. The Bertz CT molecular complexity index is 550. The molecule has 0 spiro atoms. The van der Waals surface area contributed by atoms with Crippen LogP contribution in [0.3, 0.4) is 0 Å². The molecule has 1 rings (SSSR count). The van der Waals surface area contributed by atoms with Crippen molar-refractivity contribution in [1.82, 2.24) is 5.32 Å². The number of amides is 3. The number of aliphatic hydroxyl groups excluding tert-OH is 1. The summed E-state index contributed by atoms with van der Waals surface area (Å²) in [6, 6.07) is 2.75. The number of non-ortho nitro benzene ring substituents is 1. The van der Waals surface area contributed by atoms with Crippen molar-refractivity contribution in [2.75, 3.05) is 11.9 Å². The van der Waals surface area contributed by atoms with Crippen LogP contribution in [0.25, 0.3) is 0 Å². The van der Waals surface area contributed by atoms with Crippen molar-refractivity contribution in [3.8, 4) is 0 Å². The lowest BCUT2D eigenvalue weighted by atomic mass is 10.3. The minimum absolute atomic E-state index is 0.0233. The zero-order chi connectivity index (χ0) is 15.3. The fourth-order valence-electron chi connectivity index (χ4n) is 1.18. The Kier molecular flexibility index (Phi) is 5.23. The molecule has 1 atom stereocenters. The standard InChI is InChI=1S/C10H11ClN4O5/c11-6-3-5(15(19)20)1-2-7(6)14-10(18)13-4-8(16)9(12)17/h1-3,8,16H,4H2,(H2,12,17)(H2,13,14,18). The number of carbonyl (C=O) groups is 2. The summed E-state index contributed by atoms with van der Waals surface area (Å²) < 4.78 is 0. The molecule has 1 aromatic carbocycles. The Morgan fingerprint density at radius 3 is 2.65 bits per heavy atom. The number of carbonyl (C=O) groups excluding carboxylic acids is 2. The first-order chi connectivity index (χ1) is 9.31. The van der Waals surface area contributed by atoms with Gasteiger partial charge in [0, 0.05) is 12.1 Å². The van der Waals surface area contributed by atoms with E-state index in [2.05, 4.69) is 10.6 Å². The third-order valence-electron chi connectivity index (χ3n) is 2.20. The van der Waals surface area contributed by atoms with E-state index >= 15 is 0 Å². The number of benzene rings is 1. The van der Waals surface area contributed by atoms with Crippen LogP contribution in [-0.4, -0.2) is 34.6 Å². The van der Waals surface area contributed by atoms with E-state index in [4.69, 9.17) is 22.4 Å². The molecule has 0 radical (unpaired) electrons.